The number of likely N-dealkylation sites (tertiary alicyclic amines) is 1. The smallest absolute Gasteiger partial charge is 0.230 e. The monoisotopic (exact) mass is 483 g/mol. The topological polar surface area (TPSA) is 48.0 Å². The predicted molar refractivity (Wildman–Crippen MR) is 141 cm³/mol. The first-order valence-corrected chi connectivity index (χ1v) is 12.4. The average Bonchev–Trinajstić information content (AvgIpc) is 3.14. The highest BCUT2D eigenvalue weighted by molar-refractivity contribution is 5.87. The van der Waals surface area contributed by atoms with Crippen molar-refractivity contribution >= 4 is 5.91 Å². The van der Waals surface area contributed by atoms with E-state index in [0.29, 0.717) is 18.0 Å². The van der Waals surface area contributed by atoms with E-state index in [1.165, 1.54) is 0 Å². The summed E-state index contributed by atoms with van der Waals surface area (Å²) in [5.41, 5.74) is 3.76. The molecule has 3 aromatic rings. The van der Waals surface area contributed by atoms with Crippen LogP contribution >= 0.6 is 0 Å². The molecule has 0 radical (unpaired) electrons. The van der Waals surface area contributed by atoms with Gasteiger partial charge in [-0.1, -0.05) is 61.5 Å². The van der Waals surface area contributed by atoms with Crippen molar-refractivity contribution in [1.82, 2.24) is 4.90 Å². The lowest BCUT2D eigenvalue weighted by molar-refractivity contribution is -0.137. The summed E-state index contributed by atoms with van der Waals surface area (Å²) in [7, 11) is 4.97. The number of carbonyl (C=O) groups is 1. The molecule has 3 atom stereocenters. The van der Waals surface area contributed by atoms with Crippen molar-refractivity contribution in [2.75, 3.05) is 21.3 Å². The van der Waals surface area contributed by atoms with E-state index in [4.69, 9.17) is 14.2 Å². The SMILES string of the molecule is COc1ccc(-c2ccc(OC)c([C@H]3[C@@H]4C=CCC[C@@]4(C)C(=O)N3Cc3ccccc3)c2)cc1OC. The highest BCUT2D eigenvalue weighted by Crippen LogP contribution is 2.56. The van der Waals surface area contributed by atoms with Crippen molar-refractivity contribution in [3.63, 3.8) is 0 Å². The lowest BCUT2D eigenvalue weighted by Gasteiger charge is -2.32. The molecule has 1 amide bonds. The van der Waals surface area contributed by atoms with Gasteiger partial charge in [0.1, 0.15) is 5.75 Å². The van der Waals surface area contributed by atoms with Crippen molar-refractivity contribution in [1.29, 1.82) is 0 Å². The molecule has 1 aliphatic carbocycles. The molecule has 5 heteroatoms. The average molecular weight is 484 g/mol. The van der Waals surface area contributed by atoms with Crippen molar-refractivity contribution in [2.45, 2.75) is 32.4 Å². The van der Waals surface area contributed by atoms with Crippen LogP contribution in [0.25, 0.3) is 11.1 Å². The van der Waals surface area contributed by atoms with Crippen LogP contribution in [0.2, 0.25) is 0 Å². The molecule has 0 aromatic heterocycles. The van der Waals surface area contributed by atoms with Gasteiger partial charge < -0.3 is 19.1 Å². The van der Waals surface area contributed by atoms with Crippen LogP contribution in [-0.2, 0) is 11.3 Å². The number of amides is 1. The highest BCUT2D eigenvalue weighted by atomic mass is 16.5. The third-order valence-corrected chi connectivity index (χ3v) is 7.80. The number of hydrogen-bond donors (Lipinski definition) is 0. The predicted octanol–water partition coefficient (Wildman–Crippen LogP) is 6.44. The molecule has 3 aromatic carbocycles. The van der Waals surface area contributed by atoms with Gasteiger partial charge in [0.25, 0.3) is 0 Å². The number of methoxy groups -OCH3 is 3. The number of fused-ring (bicyclic) bond motifs is 1. The van der Waals surface area contributed by atoms with Crippen LogP contribution in [-0.4, -0.2) is 32.1 Å². The molecule has 5 rings (SSSR count). The van der Waals surface area contributed by atoms with E-state index in [1.54, 1.807) is 21.3 Å². The van der Waals surface area contributed by atoms with E-state index in [1.807, 2.05) is 42.5 Å². The zero-order valence-corrected chi connectivity index (χ0v) is 21.4. The number of ether oxygens (including phenoxy) is 3. The van der Waals surface area contributed by atoms with E-state index >= 15 is 0 Å². The molecule has 0 saturated carbocycles. The molecule has 0 unspecified atom stereocenters. The Morgan fingerprint density at radius 3 is 2.22 bits per heavy atom. The van der Waals surface area contributed by atoms with Crippen molar-refractivity contribution in [2.24, 2.45) is 11.3 Å². The van der Waals surface area contributed by atoms with E-state index < -0.39 is 5.41 Å². The van der Waals surface area contributed by atoms with Crippen molar-refractivity contribution in [3.05, 3.63) is 90.0 Å². The van der Waals surface area contributed by atoms with Gasteiger partial charge in [0, 0.05) is 18.0 Å². The minimum atomic E-state index is -0.432. The van der Waals surface area contributed by atoms with Gasteiger partial charge in [-0.25, -0.2) is 0 Å². The summed E-state index contributed by atoms with van der Waals surface area (Å²) in [5.74, 6) is 2.44. The largest absolute Gasteiger partial charge is 0.496 e. The van der Waals surface area contributed by atoms with Gasteiger partial charge in [0.2, 0.25) is 5.91 Å². The third-order valence-electron chi connectivity index (χ3n) is 7.80. The van der Waals surface area contributed by atoms with Gasteiger partial charge in [-0.2, -0.15) is 0 Å². The molecule has 1 fully saturated rings. The maximum absolute atomic E-state index is 14.0. The van der Waals surface area contributed by atoms with Gasteiger partial charge in [-0.3, -0.25) is 4.79 Å². The van der Waals surface area contributed by atoms with Gasteiger partial charge in [-0.15, -0.1) is 0 Å². The fraction of sp³-hybridized carbons (Fsp3) is 0.323. The third kappa shape index (κ3) is 4.02. The lowest BCUT2D eigenvalue weighted by atomic mass is 9.69. The van der Waals surface area contributed by atoms with Crippen LogP contribution in [0.5, 0.6) is 17.2 Å². The Balaban J connectivity index is 1.63. The zero-order chi connectivity index (χ0) is 25.3. The van der Waals surface area contributed by atoms with Gasteiger partial charge >= 0.3 is 0 Å². The molecule has 186 valence electrons. The molecular weight excluding hydrogens is 450 g/mol. The Labute approximate surface area is 213 Å². The Hall–Kier alpha value is -3.73. The molecule has 1 aliphatic heterocycles. The molecule has 1 saturated heterocycles. The summed E-state index contributed by atoms with van der Waals surface area (Å²) in [6, 6.07) is 22.3. The van der Waals surface area contributed by atoms with E-state index in [0.717, 1.165) is 40.8 Å². The number of hydrogen-bond acceptors (Lipinski definition) is 4. The normalized spacial score (nSPS) is 22.9. The quantitative estimate of drug-likeness (QED) is 0.363. The molecule has 0 N–H and O–H groups in total. The van der Waals surface area contributed by atoms with Crippen molar-refractivity contribution < 1.29 is 19.0 Å². The van der Waals surface area contributed by atoms with Crippen molar-refractivity contribution in [3.8, 4) is 28.4 Å². The molecule has 2 aliphatic rings. The van der Waals surface area contributed by atoms with Crippen LogP contribution in [0.15, 0.2) is 78.9 Å². The fourth-order valence-electron chi connectivity index (χ4n) is 5.83. The highest BCUT2D eigenvalue weighted by Gasteiger charge is 2.56. The summed E-state index contributed by atoms with van der Waals surface area (Å²) in [5, 5.41) is 0. The van der Waals surface area contributed by atoms with E-state index in [9.17, 15) is 4.79 Å². The molecule has 0 bridgehead atoms. The van der Waals surface area contributed by atoms with Crippen LogP contribution in [0.3, 0.4) is 0 Å². The first kappa shape index (κ1) is 24.0. The second-order valence-corrected chi connectivity index (χ2v) is 9.80. The first-order chi connectivity index (χ1) is 17.5. The minimum Gasteiger partial charge on any atom is -0.496 e. The maximum Gasteiger partial charge on any atom is 0.230 e. The Bertz CT molecular complexity index is 1280. The number of nitrogens with zero attached hydrogens (tertiary/aromatic N) is 1. The van der Waals surface area contributed by atoms with Crippen LogP contribution in [0.1, 0.15) is 36.9 Å². The molecule has 0 spiro atoms. The molecule has 36 heavy (non-hydrogen) atoms. The zero-order valence-electron chi connectivity index (χ0n) is 21.4. The molecule has 1 heterocycles. The van der Waals surface area contributed by atoms with Crippen LogP contribution in [0.4, 0.5) is 0 Å². The second-order valence-electron chi connectivity index (χ2n) is 9.80. The number of rotatable bonds is 7. The number of carbonyl (C=O) groups excluding carboxylic acids is 1. The number of benzene rings is 3. The summed E-state index contributed by atoms with van der Waals surface area (Å²) >= 11 is 0. The van der Waals surface area contributed by atoms with Crippen LogP contribution < -0.4 is 14.2 Å². The van der Waals surface area contributed by atoms with Gasteiger partial charge in [0.05, 0.1) is 32.8 Å². The summed E-state index contributed by atoms with van der Waals surface area (Å²) < 4.78 is 16.8. The van der Waals surface area contributed by atoms with E-state index in [-0.39, 0.29) is 17.9 Å². The Kier molecular flexibility index (Phi) is 6.48. The van der Waals surface area contributed by atoms with Crippen LogP contribution in [0, 0.1) is 11.3 Å². The standard InChI is InChI=1S/C31H33NO4/c1-31-17-9-8-12-25(31)29(32(30(31)33)20-21-10-6-5-7-11-21)24-18-22(13-15-26(24)34-2)23-14-16-27(35-3)28(19-23)36-4/h5-8,10-16,18-19,25,29H,9,17,20H2,1-4H3/t25-,29-,31+/m0/s1. The fourth-order valence-corrected chi connectivity index (χ4v) is 5.83. The van der Waals surface area contributed by atoms with E-state index in [2.05, 4.69) is 48.2 Å². The Morgan fingerprint density at radius 2 is 1.53 bits per heavy atom. The Morgan fingerprint density at radius 1 is 0.861 bits per heavy atom. The minimum absolute atomic E-state index is 0.0667. The summed E-state index contributed by atoms with van der Waals surface area (Å²) in [4.78, 5) is 16.0. The van der Waals surface area contributed by atoms with Gasteiger partial charge in [0.15, 0.2) is 11.5 Å². The van der Waals surface area contributed by atoms with Gasteiger partial charge in [-0.05, 0) is 53.8 Å². The lowest BCUT2D eigenvalue weighted by Crippen LogP contribution is -2.34. The number of allylic oxidation sites excluding steroid dienone is 1. The first-order valence-electron chi connectivity index (χ1n) is 12.4. The molecule has 5 nitrogen and oxygen atoms in total. The molecular formula is C31H33NO4. The summed E-state index contributed by atoms with van der Waals surface area (Å²) in [6.07, 6.45) is 6.25. The summed E-state index contributed by atoms with van der Waals surface area (Å²) in [6.45, 7) is 2.69. The second kappa shape index (κ2) is 9.73. The maximum atomic E-state index is 14.0.